The molecule has 0 aliphatic carbocycles. The van der Waals surface area contributed by atoms with Gasteiger partial charge in [-0.2, -0.15) is 0 Å². The Balaban J connectivity index is 2.42. The standard InChI is InChI=1S/C16H20FNS/c1-4-12-8-9-19-16(12)15(18-5-2)13-6-7-14(17)11(3)10-13/h6-10,15,18H,4-5H2,1-3H3. The molecule has 1 unspecified atom stereocenters. The van der Waals surface area contributed by atoms with Crippen molar-refractivity contribution in [3.8, 4) is 0 Å². The van der Waals surface area contributed by atoms with Crippen LogP contribution < -0.4 is 5.32 Å². The second kappa shape index (κ2) is 6.31. The average Bonchev–Trinajstić information content (AvgIpc) is 2.87. The van der Waals surface area contributed by atoms with E-state index in [4.69, 9.17) is 0 Å². The fraction of sp³-hybridized carbons (Fsp3) is 0.375. The van der Waals surface area contributed by atoms with Gasteiger partial charge in [0.2, 0.25) is 0 Å². The summed E-state index contributed by atoms with van der Waals surface area (Å²) >= 11 is 1.77. The maximum absolute atomic E-state index is 13.4. The Morgan fingerprint density at radius 2 is 2.05 bits per heavy atom. The summed E-state index contributed by atoms with van der Waals surface area (Å²) in [5, 5.41) is 5.64. The highest BCUT2D eigenvalue weighted by atomic mass is 32.1. The quantitative estimate of drug-likeness (QED) is 0.851. The van der Waals surface area contributed by atoms with Gasteiger partial charge in [0.25, 0.3) is 0 Å². The van der Waals surface area contributed by atoms with Crippen molar-refractivity contribution in [3.05, 3.63) is 57.0 Å². The molecule has 0 aliphatic heterocycles. The lowest BCUT2D eigenvalue weighted by molar-refractivity contribution is 0.608. The molecule has 0 spiro atoms. The van der Waals surface area contributed by atoms with Crippen molar-refractivity contribution in [1.29, 1.82) is 0 Å². The van der Waals surface area contributed by atoms with Crippen LogP contribution >= 0.6 is 11.3 Å². The van der Waals surface area contributed by atoms with Gasteiger partial charge in [-0.1, -0.05) is 26.0 Å². The first-order valence-electron chi connectivity index (χ1n) is 6.73. The summed E-state index contributed by atoms with van der Waals surface area (Å²) < 4.78 is 13.4. The highest BCUT2D eigenvalue weighted by Gasteiger charge is 2.18. The van der Waals surface area contributed by atoms with Crippen LogP contribution in [0.4, 0.5) is 4.39 Å². The van der Waals surface area contributed by atoms with Gasteiger partial charge in [0.05, 0.1) is 6.04 Å². The lowest BCUT2D eigenvalue weighted by atomic mass is 9.99. The number of aryl methyl sites for hydroxylation is 2. The van der Waals surface area contributed by atoms with Gasteiger partial charge in [0.15, 0.2) is 0 Å². The van der Waals surface area contributed by atoms with Gasteiger partial charge in [-0.15, -0.1) is 11.3 Å². The number of hydrogen-bond donors (Lipinski definition) is 1. The van der Waals surface area contributed by atoms with E-state index in [0.717, 1.165) is 18.5 Å². The van der Waals surface area contributed by atoms with E-state index in [2.05, 4.69) is 30.6 Å². The molecule has 0 fully saturated rings. The van der Waals surface area contributed by atoms with E-state index in [-0.39, 0.29) is 11.9 Å². The number of halogens is 1. The van der Waals surface area contributed by atoms with Crippen molar-refractivity contribution in [2.45, 2.75) is 33.2 Å². The fourth-order valence-electron chi connectivity index (χ4n) is 2.31. The normalized spacial score (nSPS) is 12.6. The number of benzene rings is 1. The summed E-state index contributed by atoms with van der Waals surface area (Å²) in [7, 11) is 0. The van der Waals surface area contributed by atoms with E-state index >= 15 is 0 Å². The molecule has 0 amide bonds. The molecular formula is C16H20FNS. The Morgan fingerprint density at radius 1 is 1.26 bits per heavy atom. The van der Waals surface area contributed by atoms with Gasteiger partial charge < -0.3 is 5.32 Å². The third kappa shape index (κ3) is 3.04. The third-order valence-electron chi connectivity index (χ3n) is 3.35. The molecule has 1 aromatic carbocycles. The van der Waals surface area contributed by atoms with Crippen LogP contribution in [0.25, 0.3) is 0 Å². The molecule has 1 atom stereocenters. The van der Waals surface area contributed by atoms with Crippen molar-refractivity contribution < 1.29 is 4.39 Å². The number of rotatable bonds is 5. The molecule has 0 radical (unpaired) electrons. The average molecular weight is 277 g/mol. The minimum absolute atomic E-state index is 0.138. The molecule has 1 nitrogen and oxygen atoms in total. The summed E-state index contributed by atoms with van der Waals surface area (Å²) in [5.74, 6) is -0.138. The highest BCUT2D eigenvalue weighted by Crippen LogP contribution is 2.31. The molecule has 0 saturated heterocycles. The third-order valence-corrected chi connectivity index (χ3v) is 4.37. The molecule has 1 heterocycles. The minimum atomic E-state index is -0.138. The van der Waals surface area contributed by atoms with E-state index in [1.807, 2.05) is 19.1 Å². The van der Waals surface area contributed by atoms with Gasteiger partial charge in [0, 0.05) is 4.88 Å². The van der Waals surface area contributed by atoms with Crippen molar-refractivity contribution >= 4 is 11.3 Å². The summed E-state index contributed by atoms with van der Waals surface area (Å²) in [6.45, 7) is 6.98. The second-order valence-corrected chi connectivity index (χ2v) is 5.61. The number of hydrogen-bond acceptors (Lipinski definition) is 2. The first-order valence-corrected chi connectivity index (χ1v) is 7.61. The fourth-order valence-corrected chi connectivity index (χ4v) is 3.40. The summed E-state index contributed by atoms with van der Waals surface area (Å²) in [4.78, 5) is 1.34. The van der Waals surface area contributed by atoms with Crippen molar-refractivity contribution in [2.24, 2.45) is 0 Å². The highest BCUT2D eigenvalue weighted by molar-refractivity contribution is 7.10. The van der Waals surface area contributed by atoms with E-state index < -0.39 is 0 Å². The van der Waals surface area contributed by atoms with Crippen molar-refractivity contribution in [2.75, 3.05) is 6.54 Å². The summed E-state index contributed by atoms with van der Waals surface area (Å²) in [6.07, 6.45) is 1.03. The molecule has 1 N–H and O–H groups in total. The van der Waals surface area contributed by atoms with Gasteiger partial charge >= 0.3 is 0 Å². The van der Waals surface area contributed by atoms with Crippen LogP contribution in [0.3, 0.4) is 0 Å². The molecule has 2 rings (SSSR count). The molecule has 0 bridgehead atoms. The van der Waals surface area contributed by atoms with E-state index in [0.29, 0.717) is 5.56 Å². The zero-order valence-corrected chi connectivity index (χ0v) is 12.5. The molecule has 2 aromatic rings. The summed E-state index contributed by atoms with van der Waals surface area (Å²) in [6, 6.07) is 7.74. The van der Waals surface area contributed by atoms with E-state index in [1.54, 1.807) is 17.4 Å². The molecule has 0 saturated carbocycles. The van der Waals surface area contributed by atoms with Gasteiger partial charge in [0.1, 0.15) is 5.82 Å². The zero-order valence-electron chi connectivity index (χ0n) is 11.7. The van der Waals surface area contributed by atoms with Crippen molar-refractivity contribution in [3.63, 3.8) is 0 Å². The molecule has 1 aromatic heterocycles. The van der Waals surface area contributed by atoms with Crippen LogP contribution in [0.15, 0.2) is 29.6 Å². The monoisotopic (exact) mass is 277 g/mol. The predicted molar refractivity (Wildman–Crippen MR) is 80.4 cm³/mol. The topological polar surface area (TPSA) is 12.0 Å². The van der Waals surface area contributed by atoms with E-state index in [9.17, 15) is 4.39 Å². The molecule has 19 heavy (non-hydrogen) atoms. The number of nitrogens with one attached hydrogen (secondary N) is 1. The first-order chi connectivity index (χ1) is 9.17. The number of thiophene rings is 1. The van der Waals surface area contributed by atoms with Gasteiger partial charge in [-0.05, 0) is 54.1 Å². The van der Waals surface area contributed by atoms with Gasteiger partial charge in [-0.3, -0.25) is 0 Å². The Bertz CT molecular complexity index is 547. The maximum atomic E-state index is 13.4. The van der Waals surface area contributed by atoms with Gasteiger partial charge in [-0.25, -0.2) is 4.39 Å². The van der Waals surface area contributed by atoms with Crippen LogP contribution in [0.1, 0.15) is 41.5 Å². The van der Waals surface area contributed by atoms with Crippen LogP contribution in [0, 0.1) is 12.7 Å². The van der Waals surface area contributed by atoms with Crippen molar-refractivity contribution in [1.82, 2.24) is 5.32 Å². The van der Waals surface area contributed by atoms with Crippen LogP contribution in [0.5, 0.6) is 0 Å². The lowest BCUT2D eigenvalue weighted by Crippen LogP contribution is -2.22. The van der Waals surface area contributed by atoms with Crippen LogP contribution in [-0.2, 0) is 6.42 Å². The second-order valence-electron chi connectivity index (χ2n) is 4.66. The molecule has 102 valence electrons. The van der Waals surface area contributed by atoms with E-state index in [1.165, 1.54) is 10.4 Å². The van der Waals surface area contributed by atoms with Crippen LogP contribution in [-0.4, -0.2) is 6.54 Å². The Morgan fingerprint density at radius 3 is 2.68 bits per heavy atom. The largest absolute Gasteiger partial charge is 0.306 e. The molecule has 3 heteroatoms. The first kappa shape index (κ1) is 14.2. The summed E-state index contributed by atoms with van der Waals surface area (Å²) in [5.41, 5.74) is 3.21. The minimum Gasteiger partial charge on any atom is -0.306 e. The Hall–Kier alpha value is -1.19. The maximum Gasteiger partial charge on any atom is 0.126 e. The SMILES string of the molecule is CCNC(c1ccc(F)c(C)c1)c1sccc1CC. The Kier molecular flexibility index (Phi) is 4.72. The predicted octanol–water partition coefficient (Wildman–Crippen LogP) is 4.46. The molecular weight excluding hydrogens is 257 g/mol. The lowest BCUT2D eigenvalue weighted by Gasteiger charge is -2.19. The van der Waals surface area contributed by atoms with Crippen LogP contribution in [0.2, 0.25) is 0 Å². The molecule has 0 aliphatic rings. The zero-order chi connectivity index (χ0) is 13.8. The Labute approximate surface area is 118 Å². The smallest absolute Gasteiger partial charge is 0.126 e.